The molecule has 2 fully saturated rings. The third-order valence-corrected chi connectivity index (χ3v) is 5.21. The van der Waals surface area contributed by atoms with Crippen LogP contribution < -0.4 is 10.6 Å². The Morgan fingerprint density at radius 2 is 2.12 bits per heavy atom. The number of halogens is 1. The van der Waals surface area contributed by atoms with Crippen molar-refractivity contribution in [3.8, 4) is 0 Å². The molecule has 2 N–H and O–H groups in total. The first-order valence-corrected chi connectivity index (χ1v) is 8.49. The molecule has 2 aliphatic heterocycles. The number of nitrogens with one attached hydrogen (secondary N) is 2. The van der Waals surface area contributed by atoms with Gasteiger partial charge in [0.1, 0.15) is 11.9 Å². The number of piperazine rings is 1. The molecule has 25 heavy (non-hydrogen) atoms. The molecule has 1 aliphatic carbocycles. The van der Waals surface area contributed by atoms with Crippen molar-refractivity contribution in [2.45, 2.75) is 31.3 Å². The molecule has 2 heterocycles. The average molecular weight is 346 g/mol. The number of hydrogen-bond donors (Lipinski definition) is 2. The molecule has 0 saturated carbocycles. The zero-order chi connectivity index (χ0) is 17.6. The van der Waals surface area contributed by atoms with Gasteiger partial charge in [-0.05, 0) is 36.5 Å². The monoisotopic (exact) mass is 346 g/mol. The van der Waals surface area contributed by atoms with E-state index < -0.39 is 12.1 Å². The Morgan fingerprint density at radius 1 is 1.28 bits per heavy atom. The van der Waals surface area contributed by atoms with E-state index >= 15 is 0 Å². The third kappa shape index (κ3) is 2.71. The van der Waals surface area contributed by atoms with Crippen molar-refractivity contribution in [2.75, 3.05) is 19.6 Å². The minimum absolute atomic E-state index is 0.173. The number of carbonyl (C=O) groups is 3. The van der Waals surface area contributed by atoms with Gasteiger partial charge in [-0.15, -0.1) is 0 Å². The highest BCUT2D eigenvalue weighted by Crippen LogP contribution is 2.31. The molecule has 3 aliphatic rings. The van der Waals surface area contributed by atoms with Crippen LogP contribution in [0, 0.1) is 5.82 Å². The SMILES string of the molecule is O=C1NC(=O)N2CCN(C(=O)NC3CCCc4c(F)cccc43)CC12. The Morgan fingerprint density at radius 3 is 2.96 bits per heavy atom. The van der Waals surface area contributed by atoms with Gasteiger partial charge in [0.05, 0.1) is 12.6 Å². The average Bonchev–Trinajstić information content (AvgIpc) is 2.90. The predicted molar refractivity (Wildman–Crippen MR) is 86.2 cm³/mol. The molecule has 0 spiro atoms. The van der Waals surface area contributed by atoms with Crippen molar-refractivity contribution in [1.82, 2.24) is 20.4 Å². The maximum atomic E-state index is 14.0. The van der Waals surface area contributed by atoms with Crippen LogP contribution in [0.4, 0.5) is 14.0 Å². The zero-order valence-electron chi connectivity index (χ0n) is 13.6. The molecule has 1 aromatic rings. The van der Waals surface area contributed by atoms with Crippen LogP contribution in [-0.2, 0) is 11.2 Å². The highest BCUT2D eigenvalue weighted by Gasteiger charge is 2.43. The molecule has 2 unspecified atom stereocenters. The first-order valence-electron chi connectivity index (χ1n) is 8.49. The largest absolute Gasteiger partial charge is 0.331 e. The molecule has 0 aromatic heterocycles. The van der Waals surface area contributed by atoms with Gasteiger partial charge >= 0.3 is 12.1 Å². The Bertz CT molecular complexity index is 753. The quantitative estimate of drug-likeness (QED) is 0.749. The van der Waals surface area contributed by atoms with Gasteiger partial charge in [0, 0.05) is 13.1 Å². The summed E-state index contributed by atoms with van der Waals surface area (Å²) >= 11 is 0. The summed E-state index contributed by atoms with van der Waals surface area (Å²) in [4.78, 5) is 39.1. The van der Waals surface area contributed by atoms with Gasteiger partial charge in [0.25, 0.3) is 5.91 Å². The van der Waals surface area contributed by atoms with Crippen molar-refractivity contribution < 1.29 is 18.8 Å². The summed E-state index contributed by atoms with van der Waals surface area (Å²) in [6.07, 6.45) is 2.24. The lowest BCUT2D eigenvalue weighted by Crippen LogP contribution is -2.57. The number of amides is 5. The number of urea groups is 2. The zero-order valence-corrected chi connectivity index (χ0v) is 13.6. The maximum absolute atomic E-state index is 14.0. The van der Waals surface area contributed by atoms with Crippen molar-refractivity contribution >= 4 is 18.0 Å². The maximum Gasteiger partial charge on any atom is 0.324 e. The second kappa shape index (κ2) is 6.02. The third-order valence-electron chi connectivity index (χ3n) is 5.21. The molecule has 0 bridgehead atoms. The van der Waals surface area contributed by atoms with Gasteiger partial charge in [0.2, 0.25) is 0 Å². The molecule has 132 valence electrons. The standard InChI is InChI=1S/C17H19FN4O3/c18-12-5-1-4-11-10(12)3-2-6-13(11)19-16(24)21-7-8-22-14(9-21)15(23)20-17(22)25/h1,4-5,13-14H,2-3,6-9H2,(H,19,24)(H,20,23,25). The summed E-state index contributed by atoms with van der Waals surface area (Å²) in [5.74, 6) is -0.598. The van der Waals surface area contributed by atoms with E-state index in [1.165, 1.54) is 11.0 Å². The van der Waals surface area contributed by atoms with E-state index in [9.17, 15) is 18.8 Å². The van der Waals surface area contributed by atoms with Gasteiger partial charge in [-0.3, -0.25) is 10.1 Å². The molecule has 4 rings (SSSR count). The fourth-order valence-corrected chi connectivity index (χ4v) is 3.89. The van der Waals surface area contributed by atoms with Crippen molar-refractivity contribution in [1.29, 1.82) is 0 Å². The highest BCUT2D eigenvalue weighted by atomic mass is 19.1. The van der Waals surface area contributed by atoms with E-state index in [0.29, 0.717) is 25.1 Å². The first-order chi connectivity index (χ1) is 12.0. The van der Waals surface area contributed by atoms with Crippen molar-refractivity contribution in [2.24, 2.45) is 0 Å². The Kier molecular flexibility index (Phi) is 3.82. The smallest absolute Gasteiger partial charge is 0.324 e. The Balaban J connectivity index is 1.46. The summed E-state index contributed by atoms with van der Waals surface area (Å²) in [6.45, 7) is 0.865. The van der Waals surface area contributed by atoms with Crippen LogP contribution in [0.2, 0.25) is 0 Å². The van der Waals surface area contributed by atoms with E-state index in [4.69, 9.17) is 0 Å². The molecule has 8 heteroatoms. The molecule has 5 amide bonds. The normalized spacial score (nSPS) is 25.3. The Labute approximate surface area is 144 Å². The van der Waals surface area contributed by atoms with Gasteiger partial charge in [0.15, 0.2) is 0 Å². The molecular weight excluding hydrogens is 327 g/mol. The molecule has 2 saturated heterocycles. The predicted octanol–water partition coefficient (Wildman–Crippen LogP) is 1.15. The van der Waals surface area contributed by atoms with Crippen LogP contribution in [0.15, 0.2) is 18.2 Å². The number of benzene rings is 1. The van der Waals surface area contributed by atoms with Crippen LogP contribution in [0.5, 0.6) is 0 Å². The number of rotatable bonds is 1. The lowest BCUT2D eigenvalue weighted by Gasteiger charge is -2.36. The minimum atomic E-state index is -0.622. The number of fused-ring (bicyclic) bond motifs is 2. The van der Waals surface area contributed by atoms with Gasteiger partial charge in [-0.25, -0.2) is 14.0 Å². The highest BCUT2D eigenvalue weighted by molar-refractivity contribution is 6.04. The number of imide groups is 1. The van der Waals surface area contributed by atoms with E-state index in [-0.39, 0.29) is 30.3 Å². The minimum Gasteiger partial charge on any atom is -0.331 e. The van der Waals surface area contributed by atoms with Crippen molar-refractivity contribution in [3.05, 3.63) is 35.1 Å². The molecular formula is C17H19FN4O3. The molecule has 2 atom stereocenters. The number of hydrogen-bond acceptors (Lipinski definition) is 3. The fraction of sp³-hybridized carbons (Fsp3) is 0.471. The van der Waals surface area contributed by atoms with Gasteiger partial charge in [-0.2, -0.15) is 0 Å². The fourth-order valence-electron chi connectivity index (χ4n) is 3.89. The summed E-state index contributed by atoms with van der Waals surface area (Å²) < 4.78 is 14.0. The lowest BCUT2D eigenvalue weighted by atomic mass is 9.87. The Hall–Kier alpha value is -2.64. The van der Waals surface area contributed by atoms with Crippen molar-refractivity contribution in [3.63, 3.8) is 0 Å². The second-order valence-electron chi connectivity index (χ2n) is 6.65. The summed E-state index contributed by atoms with van der Waals surface area (Å²) in [7, 11) is 0. The summed E-state index contributed by atoms with van der Waals surface area (Å²) in [5, 5.41) is 5.23. The van der Waals surface area contributed by atoms with E-state index in [2.05, 4.69) is 10.6 Å². The number of carbonyl (C=O) groups excluding carboxylic acids is 3. The van der Waals surface area contributed by atoms with Crippen LogP contribution in [0.1, 0.15) is 30.0 Å². The van der Waals surface area contributed by atoms with E-state index in [0.717, 1.165) is 18.4 Å². The summed E-state index contributed by atoms with van der Waals surface area (Å²) in [5.41, 5.74) is 1.50. The molecule has 7 nitrogen and oxygen atoms in total. The van der Waals surface area contributed by atoms with Gasteiger partial charge in [-0.1, -0.05) is 12.1 Å². The molecule has 0 radical (unpaired) electrons. The topological polar surface area (TPSA) is 81.8 Å². The van der Waals surface area contributed by atoms with E-state index in [1.54, 1.807) is 11.0 Å². The first kappa shape index (κ1) is 15.9. The lowest BCUT2D eigenvalue weighted by molar-refractivity contribution is -0.122. The second-order valence-corrected chi connectivity index (χ2v) is 6.65. The molecule has 1 aromatic carbocycles. The van der Waals surface area contributed by atoms with Crippen LogP contribution >= 0.6 is 0 Å². The van der Waals surface area contributed by atoms with Crippen LogP contribution in [-0.4, -0.2) is 53.4 Å². The van der Waals surface area contributed by atoms with E-state index in [1.807, 2.05) is 6.07 Å². The van der Waals surface area contributed by atoms with Gasteiger partial charge < -0.3 is 15.1 Å². The van der Waals surface area contributed by atoms with Crippen LogP contribution in [0.25, 0.3) is 0 Å². The summed E-state index contributed by atoms with van der Waals surface area (Å²) in [6, 6.07) is 3.42. The number of nitrogens with zero attached hydrogens (tertiary/aromatic N) is 2. The van der Waals surface area contributed by atoms with Crippen LogP contribution in [0.3, 0.4) is 0 Å².